The Hall–Kier alpha value is -1.04. The van der Waals surface area contributed by atoms with Crippen molar-refractivity contribution in [1.82, 2.24) is 0 Å². The third-order valence-electron chi connectivity index (χ3n) is 2.95. The lowest BCUT2D eigenvalue weighted by molar-refractivity contribution is 0.480. The minimum Gasteiger partial charge on any atom is -0.282 e. The van der Waals surface area contributed by atoms with E-state index < -0.39 is 20.2 Å². The molecular weight excluding hydrogens is 488 g/mol. The summed E-state index contributed by atoms with van der Waals surface area (Å²) >= 11 is 6.23. The van der Waals surface area contributed by atoms with Gasteiger partial charge >= 0.3 is 0 Å². The van der Waals surface area contributed by atoms with Crippen LogP contribution < -0.4 is 0 Å². The van der Waals surface area contributed by atoms with E-state index in [1.807, 2.05) is 0 Å². The molecule has 0 heterocycles. The third kappa shape index (κ3) is 4.74. The van der Waals surface area contributed by atoms with Crippen LogP contribution in [0.25, 0.3) is 12.2 Å². The van der Waals surface area contributed by atoms with Crippen LogP contribution in [0.5, 0.6) is 0 Å². The van der Waals surface area contributed by atoms with Crippen molar-refractivity contribution in [2.45, 2.75) is 9.79 Å². The maximum absolute atomic E-state index is 11.4. The monoisotopic (exact) mass is 496 g/mol. The predicted molar refractivity (Wildman–Crippen MR) is 96.8 cm³/mol. The highest BCUT2D eigenvalue weighted by Crippen LogP contribution is 2.26. The zero-order chi connectivity index (χ0) is 18.1. The molecule has 2 aromatic rings. The van der Waals surface area contributed by atoms with Crippen LogP contribution in [0, 0.1) is 0 Å². The van der Waals surface area contributed by atoms with Gasteiger partial charge in [-0.1, -0.05) is 56.1 Å². The SMILES string of the molecule is O=S(=O)(O)c1cc(Br)ccc1C=Cc1ccc(Br)cc1S(=O)(=O)O. The lowest BCUT2D eigenvalue weighted by Gasteiger charge is -2.06. The Morgan fingerprint density at radius 3 is 1.33 bits per heavy atom. The van der Waals surface area contributed by atoms with Crippen LogP contribution >= 0.6 is 31.9 Å². The van der Waals surface area contributed by atoms with Crippen molar-refractivity contribution in [1.29, 1.82) is 0 Å². The van der Waals surface area contributed by atoms with Gasteiger partial charge in [-0.2, -0.15) is 16.8 Å². The maximum atomic E-state index is 11.4. The van der Waals surface area contributed by atoms with Crippen molar-refractivity contribution in [2.75, 3.05) is 0 Å². The molecule has 0 bridgehead atoms. The van der Waals surface area contributed by atoms with E-state index in [9.17, 15) is 25.9 Å². The molecule has 0 aliphatic heterocycles. The largest absolute Gasteiger partial charge is 0.295 e. The lowest BCUT2D eigenvalue weighted by atomic mass is 10.1. The van der Waals surface area contributed by atoms with E-state index in [4.69, 9.17) is 0 Å². The molecule has 6 nitrogen and oxygen atoms in total. The van der Waals surface area contributed by atoms with E-state index in [1.165, 1.54) is 36.4 Å². The van der Waals surface area contributed by atoms with Crippen molar-refractivity contribution in [2.24, 2.45) is 0 Å². The fraction of sp³-hybridized carbons (Fsp3) is 0. The van der Waals surface area contributed by atoms with E-state index in [1.54, 1.807) is 12.1 Å². The van der Waals surface area contributed by atoms with Gasteiger partial charge in [0.15, 0.2) is 0 Å². The second kappa shape index (κ2) is 7.06. The summed E-state index contributed by atoms with van der Waals surface area (Å²) < 4.78 is 65.3. The number of benzene rings is 2. The second-order valence-electron chi connectivity index (χ2n) is 4.65. The predicted octanol–water partition coefficient (Wildman–Crippen LogP) is 3.88. The molecule has 2 aromatic carbocycles. The summed E-state index contributed by atoms with van der Waals surface area (Å²) in [6.07, 6.45) is 2.65. The summed E-state index contributed by atoms with van der Waals surface area (Å²) in [5.74, 6) is 0. The first kappa shape index (κ1) is 19.3. The van der Waals surface area contributed by atoms with Crippen LogP contribution in [0.15, 0.2) is 55.1 Å². The van der Waals surface area contributed by atoms with Crippen LogP contribution in [0.1, 0.15) is 11.1 Å². The van der Waals surface area contributed by atoms with Gasteiger partial charge in [0.2, 0.25) is 0 Å². The van der Waals surface area contributed by atoms with Gasteiger partial charge in [0.05, 0.1) is 0 Å². The second-order valence-corrected chi connectivity index (χ2v) is 9.26. The highest BCUT2D eigenvalue weighted by atomic mass is 79.9. The molecule has 2 N–H and O–H groups in total. The number of rotatable bonds is 4. The van der Waals surface area contributed by atoms with Gasteiger partial charge in [-0.05, 0) is 35.4 Å². The normalized spacial score (nSPS) is 12.7. The maximum Gasteiger partial charge on any atom is 0.295 e. The molecule has 0 radical (unpaired) electrons. The smallest absolute Gasteiger partial charge is 0.282 e. The summed E-state index contributed by atoms with van der Waals surface area (Å²) in [5, 5.41) is 0. The Labute approximate surface area is 156 Å². The molecule has 24 heavy (non-hydrogen) atoms. The molecule has 2 rings (SSSR count). The highest BCUT2D eigenvalue weighted by Gasteiger charge is 2.16. The molecule has 0 aliphatic rings. The minimum atomic E-state index is -4.46. The summed E-state index contributed by atoms with van der Waals surface area (Å²) in [7, 11) is -8.92. The average molecular weight is 498 g/mol. The van der Waals surface area contributed by atoms with Crippen LogP contribution in [-0.2, 0) is 20.2 Å². The van der Waals surface area contributed by atoms with Crippen LogP contribution in [0.4, 0.5) is 0 Å². The molecule has 0 fully saturated rings. The summed E-state index contributed by atoms with van der Waals surface area (Å²) in [6, 6.07) is 8.46. The van der Waals surface area contributed by atoms with Crippen LogP contribution in [0.2, 0.25) is 0 Å². The van der Waals surface area contributed by atoms with E-state index in [0.717, 1.165) is 0 Å². The summed E-state index contributed by atoms with van der Waals surface area (Å²) in [6.45, 7) is 0. The Bertz CT molecular complexity index is 944. The van der Waals surface area contributed by atoms with Crippen molar-refractivity contribution in [3.05, 3.63) is 56.5 Å². The molecule has 0 aromatic heterocycles. The Balaban J connectivity index is 2.59. The van der Waals surface area contributed by atoms with Gasteiger partial charge in [0.25, 0.3) is 20.2 Å². The van der Waals surface area contributed by atoms with Crippen LogP contribution in [-0.4, -0.2) is 25.9 Å². The molecule has 0 saturated carbocycles. The van der Waals surface area contributed by atoms with Gasteiger partial charge in [0.1, 0.15) is 9.79 Å². The molecule has 0 aliphatic carbocycles. The lowest BCUT2D eigenvalue weighted by Crippen LogP contribution is -2.02. The minimum absolute atomic E-state index is 0.157. The highest BCUT2D eigenvalue weighted by molar-refractivity contribution is 9.10. The number of hydrogen-bond donors (Lipinski definition) is 2. The van der Waals surface area contributed by atoms with Crippen molar-refractivity contribution >= 4 is 64.2 Å². The number of halogens is 2. The molecule has 0 atom stereocenters. The fourth-order valence-corrected chi connectivity index (χ4v) is 4.36. The van der Waals surface area contributed by atoms with E-state index >= 15 is 0 Å². The van der Waals surface area contributed by atoms with Gasteiger partial charge in [-0.15, -0.1) is 0 Å². The first-order valence-corrected chi connectivity index (χ1v) is 10.7. The fourth-order valence-electron chi connectivity index (χ4n) is 1.92. The van der Waals surface area contributed by atoms with Crippen molar-refractivity contribution in [3.8, 4) is 0 Å². The first-order chi connectivity index (χ1) is 11.0. The van der Waals surface area contributed by atoms with Crippen molar-refractivity contribution < 1.29 is 25.9 Å². The Morgan fingerprint density at radius 1 is 0.708 bits per heavy atom. The topological polar surface area (TPSA) is 109 Å². The van der Waals surface area contributed by atoms with E-state index in [0.29, 0.717) is 8.95 Å². The standard InChI is InChI=1S/C14H10Br2O6S2/c15-11-5-3-9(13(7-11)23(17,18)19)1-2-10-4-6-12(16)8-14(10)24(20,21)22/h1-8H,(H,17,18,19)(H,20,21,22). The van der Waals surface area contributed by atoms with E-state index in [-0.39, 0.29) is 20.9 Å². The quantitative estimate of drug-likeness (QED) is 0.490. The molecular formula is C14H10Br2O6S2. The Kier molecular flexibility index (Phi) is 5.68. The van der Waals surface area contributed by atoms with Gasteiger partial charge in [-0.3, -0.25) is 9.11 Å². The zero-order valence-electron chi connectivity index (χ0n) is 11.7. The molecule has 128 valence electrons. The van der Waals surface area contributed by atoms with Crippen LogP contribution in [0.3, 0.4) is 0 Å². The molecule has 0 unspecified atom stereocenters. The molecule has 0 amide bonds. The molecule has 10 heteroatoms. The molecule has 0 spiro atoms. The van der Waals surface area contributed by atoms with E-state index in [2.05, 4.69) is 31.9 Å². The average Bonchev–Trinajstić information content (AvgIpc) is 2.45. The van der Waals surface area contributed by atoms with Gasteiger partial charge in [0, 0.05) is 8.95 Å². The van der Waals surface area contributed by atoms with Gasteiger partial charge < -0.3 is 0 Å². The Morgan fingerprint density at radius 2 is 1.04 bits per heavy atom. The zero-order valence-corrected chi connectivity index (χ0v) is 16.5. The number of hydrogen-bond acceptors (Lipinski definition) is 4. The van der Waals surface area contributed by atoms with Crippen molar-refractivity contribution in [3.63, 3.8) is 0 Å². The first-order valence-electron chi connectivity index (χ1n) is 6.20. The summed E-state index contributed by atoms with van der Waals surface area (Å²) in [5.41, 5.74) is 0.315. The third-order valence-corrected chi connectivity index (χ3v) is 5.75. The summed E-state index contributed by atoms with van der Waals surface area (Å²) in [4.78, 5) is -0.669. The van der Waals surface area contributed by atoms with Gasteiger partial charge in [-0.25, -0.2) is 0 Å². The molecule has 0 saturated heterocycles.